The minimum atomic E-state index is -0.504. The Hall–Kier alpha value is -2.25. The molecule has 0 radical (unpaired) electrons. The van der Waals surface area contributed by atoms with E-state index in [4.69, 9.17) is 21.3 Å². The molecular weight excluding hydrogens is 407 g/mol. The van der Waals surface area contributed by atoms with Crippen molar-refractivity contribution in [2.24, 2.45) is 5.92 Å². The largest absolute Gasteiger partial charge is 0.378 e. The van der Waals surface area contributed by atoms with Gasteiger partial charge in [-0.1, -0.05) is 32.4 Å². The maximum Gasteiger partial charge on any atom is 0.227 e. The summed E-state index contributed by atoms with van der Waals surface area (Å²) in [5, 5.41) is 2.83. The van der Waals surface area contributed by atoms with Gasteiger partial charge < -0.3 is 15.0 Å². The minimum absolute atomic E-state index is 0.00658. The normalized spacial score (nSPS) is 15.3. The highest BCUT2D eigenvalue weighted by molar-refractivity contribution is 6.31. The van der Waals surface area contributed by atoms with Gasteiger partial charge in [0.1, 0.15) is 17.5 Å². The summed E-state index contributed by atoms with van der Waals surface area (Å²) in [5.41, 5.74) is 1.18. The van der Waals surface area contributed by atoms with Crippen LogP contribution in [0.3, 0.4) is 0 Å². The van der Waals surface area contributed by atoms with Gasteiger partial charge in [-0.05, 0) is 31.0 Å². The van der Waals surface area contributed by atoms with Crippen LogP contribution in [0.15, 0.2) is 24.3 Å². The SMILES string of the molecule is COCc1cc(N2CCC(C(=O)Nc3ccc(F)c(Cl)c3)CC2)nc(C(C)(C)C)n1. The van der Waals surface area contributed by atoms with E-state index >= 15 is 0 Å². The van der Waals surface area contributed by atoms with Gasteiger partial charge in [-0.25, -0.2) is 14.4 Å². The van der Waals surface area contributed by atoms with Gasteiger partial charge in [-0.2, -0.15) is 0 Å². The zero-order valence-electron chi connectivity index (χ0n) is 17.8. The van der Waals surface area contributed by atoms with Gasteiger partial charge in [0.25, 0.3) is 0 Å². The number of hydrogen-bond donors (Lipinski definition) is 1. The molecule has 0 saturated carbocycles. The van der Waals surface area contributed by atoms with Crippen LogP contribution in [0.1, 0.15) is 45.1 Å². The number of anilines is 2. The first kappa shape index (κ1) is 22.4. The number of amides is 1. The summed E-state index contributed by atoms with van der Waals surface area (Å²) < 4.78 is 18.6. The van der Waals surface area contributed by atoms with Crippen molar-refractivity contribution < 1.29 is 13.9 Å². The molecular formula is C22H28ClFN4O2. The zero-order chi connectivity index (χ0) is 21.9. The van der Waals surface area contributed by atoms with Gasteiger partial charge in [-0.3, -0.25) is 4.79 Å². The quantitative estimate of drug-likeness (QED) is 0.746. The second-order valence-corrected chi connectivity index (χ2v) is 9.01. The number of aromatic nitrogens is 2. The van der Waals surface area contributed by atoms with E-state index in [1.807, 2.05) is 6.07 Å². The first-order chi connectivity index (χ1) is 14.2. The number of ether oxygens (including phenoxy) is 1. The number of benzene rings is 1. The van der Waals surface area contributed by atoms with E-state index in [1.165, 1.54) is 18.2 Å². The van der Waals surface area contributed by atoms with Crippen LogP contribution in [0.25, 0.3) is 0 Å². The fourth-order valence-corrected chi connectivity index (χ4v) is 3.57. The summed E-state index contributed by atoms with van der Waals surface area (Å²) in [7, 11) is 1.65. The Labute approximate surface area is 181 Å². The average molecular weight is 435 g/mol. The summed E-state index contributed by atoms with van der Waals surface area (Å²) in [6.45, 7) is 8.12. The van der Waals surface area contributed by atoms with Crippen molar-refractivity contribution in [1.29, 1.82) is 0 Å². The summed E-state index contributed by atoms with van der Waals surface area (Å²) in [4.78, 5) is 24.2. The lowest BCUT2D eigenvalue weighted by atomic mass is 9.94. The van der Waals surface area contributed by atoms with E-state index in [0.29, 0.717) is 25.1 Å². The van der Waals surface area contributed by atoms with Crippen LogP contribution in [0.4, 0.5) is 15.9 Å². The highest BCUT2D eigenvalue weighted by Gasteiger charge is 2.27. The van der Waals surface area contributed by atoms with Gasteiger partial charge in [-0.15, -0.1) is 0 Å². The smallest absolute Gasteiger partial charge is 0.227 e. The summed E-state index contributed by atoms with van der Waals surface area (Å²) in [6.07, 6.45) is 1.41. The van der Waals surface area contributed by atoms with Crippen LogP contribution < -0.4 is 10.2 Å². The molecule has 8 heteroatoms. The van der Waals surface area contributed by atoms with Crippen molar-refractivity contribution in [2.45, 2.75) is 45.6 Å². The van der Waals surface area contributed by atoms with Crippen LogP contribution in [0, 0.1) is 11.7 Å². The van der Waals surface area contributed by atoms with Crippen molar-refractivity contribution in [3.8, 4) is 0 Å². The van der Waals surface area contributed by atoms with Gasteiger partial charge in [0.05, 0.1) is 17.3 Å². The van der Waals surface area contributed by atoms with Crippen molar-refractivity contribution in [3.05, 3.63) is 46.6 Å². The Bertz CT molecular complexity index is 908. The van der Waals surface area contributed by atoms with Crippen LogP contribution in [-0.4, -0.2) is 36.1 Å². The molecule has 1 saturated heterocycles. The van der Waals surface area contributed by atoms with Gasteiger partial charge in [0.2, 0.25) is 5.91 Å². The van der Waals surface area contributed by atoms with Crippen LogP contribution in [-0.2, 0) is 21.6 Å². The molecule has 0 bridgehead atoms. The first-order valence-electron chi connectivity index (χ1n) is 10.1. The molecule has 1 fully saturated rings. The standard InChI is InChI=1S/C22H28ClFN4O2/c1-22(2,3)21-26-16(13-30-4)12-19(27-21)28-9-7-14(8-10-28)20(29)25-15-5-6-18(24)17(23)11-15/h5-6,11-12,14H,7-10,13H2,1-4H3,(H,25,29). The predicted molar refractivity (Wildman–Crippen MR) is 116 cm³/mol. The second-order valence-electron chi connectivity index (χ2n) is 8.60. The molecule has 2 aromatic rings. The molecule has 1 aromatic carbocycles. The number of carbonyl (C=O) groups is 1. The maximum absolute atomic E-state index is 13.3. The lowest BCUT2D eigenvalue weighted by Gasteiger charge is -2.33. The molecule has 1 aliphatic rings. The van der Waals surface area contributed by atoms with Gasteiger partial charge in [0, 0.05) is 43.3 Å². The highest BCUT2D eigenvalue weighted by atomic mass is 35.5. The molecule has 0 atom stereocenters. The summed E-state index contributed by atoms with van der Waals surface area (Å²) in [5.74, 6) is 0.949. The summed E-state index contributed by atoms with van der Waals surface area (Å²) >= 11 is 5.80. The fraction of sp³-hybridized carbons (Fsp3) is 0.500. The van der Waals surface area contributed by atoms with E-state index in [0.717, 1.165) is 30.4 Å². The minimum Gasteiger partial charge on any atom is -0.378 e. The number of carbonyl (C=O) groups excluding carboxylic acids is 1. The number of nitrogens with one attached hydrogen (secondary N) is 1. The van der Waals surface area contributed by atoms with E-state index in [-0.39, 0.29) is 22.3 Å². The third kappa shape index (κ3) is 5.46. The Kier molecular flexibility index (Phi) is 6.93. The Balaban J connectivity index is 1.66. The molecule has 162 valence electrons. The van der Waals surface area contributed by atoms with Crippen molar-refractivity contribution in [1.82, 2.24) is 9.97 Å². The van der Waals surface area contributed by atoms with Crippen molar-refractivity contribution in [2.75, 3.05) is 30.4 Å². The number of piperidine rings is 1. The Morgan fingerprint density at radius 3 is 2.57 bits per heavy atom. The molecule has 1 aromatic heterocycles. The predicted octanol–water partition coefficient (Wildman–Crippen LogP) is 4.57. The van der Waals surface area contributed by atoms with Gasteiger partial charge in [0.15, 0.2) is 0 Å². The van der Waals surface area contributed by atoms with Crippen LogP contribution >= 0.6 is 11.6 Å². The maximum atomic E-state index is 13.3. The molecule has 0 aliphatic carbocycles. The van der Waals surface area contributed by atoms with Crippen LogP contribution in [0.2, 0.25) is 5.02 Å². The summed E-state index contributed by atoms with van der Waals surface area (Å²) in [6, 6.07) is 6.15. The third-order valence-corrected chi connectivity index (χ3v) is 5.40. The number of halogens is 2. The first-order valence-corrected chi connectivity index (χ1v) is 10.4. The Morgan fingerprint density at radius 2 is 1.97 bits per heavy atom. The number of hydrogen-bond acceptors (Lipinski definition) is 5. The molecule has 30 heavy (non-hydrogen) atoms. The Morgan fingerprint density at radius 1 is 1.27 bits per heavy atom. The van der Waals surface area contributed by atoms with E-state index < -0.39 is 5.82 Å². The molecule has 1 N–H and O–H groups in total. The highest BCUT2D eigenvalue weighted by Crippen LogP contribution is 2.27. The average Bonchev–Trinajstić information content (AvgIpc) is 2.70. The van der Waals surface area contributed by atoms with Crippen molar-refractivity contribution >= 4 is 29.0 Å². The zero-order valence-corrected chi connectivity index (χ0v) is 18.6. The number of nitrogens with zero attached hydrogens (tertiary/aromatic N) is 3. The second kappa shape index (κ2) is 9.27. The van der Waals surface area contributed by atoms with E-state index in [1.54, 1.807) is 7.11 Å². The molecule has 0 spiro atoms. The molecule has 6 nitrogen and oxygen atoms in total. The lowest BCUT2D eigenvalue weighted by Crippen LogP contribution is -2.39. The molecule has 1 amide bonds. The number of rotatable bonds is 5. The van der Waals surface area contributed by atoms with Crippen LogP contribution in [0.5, 0.6) is 0 Å². The molecule has 2 heterocycles. The van der Waals surface area contributed by atoms with E-state index in [2.05, 4.69) is 36.0 Å². The van der Waals surface area contributed by atoms with Gasteiger partial charge >= 0.3 is 0 Å². The molecule has 1 aliphatic heterocycles. The lowest BCUT2D eigenvalue weighted by molar-refractivity contribution is -0.120. The van der Waals surface area contributed by atoms with Crippen molar-refractivity contribution in [3.63, 3.8) is 0 Å². The van der Waals surface area contributed by atoms with E-state index in [9.17, 15) is 9.18 Å². The third-order valence-electron chi connectivity index (χ3n) is 5.11. The monoisotopic (exact) mass is 434 g/mol. The topological polar surface area (TPSA) is 67.3 Å². The number of methoxy groups -OCH3 is 1. The fourth-order valence-electron chi connectivity index (χ4n) is 3.39. The molecule has 0 unspecified atom stereocenters. The molecule has 3 rings (SSSR count).